The highest BCUT2D eigenvalue weighted by molar-refractivity contribution is 7.88. The van der Waals surface area contributed by atoms with Crippen LogP contribution in [0.25, 0.3) is 0 Å². The monoisotopic (exact) mass is 306 g/mol. The second-order valence-electron chi connectivity index (χ2n) is 5.23. The van der Waals surface area contributed by atoms with Crippen LogP contribution in [-0.2, 0) is 14.8 Å². The maximum atomic E-state index is 12.4. The maximum absolute atomic E-state index is 12.4. The van der Waals surface area contributed by atoms with E-state index in [1.54, 1.807) is 4.90 Å². The van der Waals surface area contributed by atoms with Crippen molar-refractivity contribution in [2.45, 2.75) is 13.8 Å². The largest absolute Gasteiger partial charge is 0.409 e. The van der Waals surface area contributed by atoms with Crippen molar-refractivity contribution in [1.29, 1.82) is 0 Å². The molecule has 116 valence electrons. The third-order valence-corrected chi connectivity index (χ3v) is 4.69. The topological polar surface area (TPSA) is 116 Å². The van der Waals surface area contributed by atoms with Crippen LogP contribution in [-0.4, -0.2) is 67.0 Å². The smallest absolute Gasteiger partial charge is 0.233 e. The summed E-state index contributed by atoms with van der Waals surface area (Å²) in [7, 11) is -3.23. The molecule has 1 rings (SSSR count). The summed E-state index contributed by atoms with van der Waals surface area (Å²) >= 11 is 0. The highest BCUT2D eigenvalue weighted by Gasteiger charge is 2.33. The molecule has 20 heavy (non-hydrogen) atoms. The van der Waals surface area contributed by atoms with Gasteiger partial charge in [-0.1, -0.05) is 19.0 Å². The number of piperazine rings is 1. The van der Waals surface area contributed by atoms with Crippen LogP contribution in [0.15, 0.2) is 5.16 Å². The molecule has 1 amide bonds. The van der Waals surface area contributed by atoms with Crippen LogP contribution in [0.1, 0.15) is 13.8 Å². The van der Waals surface area contributed by atoms with Crippen molar-refractivity contribution in [2.75, 3.05) is 32.4 Å². The van der Waals surface area contributed by atoms with E-state index in [0.29, 0.717) is 13.1 Å². The third kappa shape index (κ3) is 3.83. The predicted molar refractivity (Wildman–Crippen MR) is 74.7 cm³/mol. The van der Waals surface area contributed by atoms with Gasteiger partial charge in [-0.3, -0.25) is 4.79 Å². The molecule has 0 spiro atoms. The zero-order valence-electron chi connectivity index (χ0n) is 12.0. The number of nitrogens with two attached hydrogens (primary N) is 1. The SMILES string of the molecule is CC(C)C(C(=O)N1CCN(S(C)(=O)=O)CC1)C(N)=NO. The standard InChI is InChI=1S/C11H22N4O4S/c1-8(2)9(10(12)13-17)11(16)14-4-6-15(7-5-14)20(3,18)19/h8-9,17H,4-7H2,1-3H3,(H2,12,13). The van der Waals surface area contributed by atoms with Crippen molar-refractivity contribution in [3.8, 4) is 0 Å². The Hall–Kier alpha value is -1.35. The van der Waals surface area contributed by atoms with Gasteiger partial charge in [-0.25, -0.2) is 8.42 Å². The van der Waals surface area contributed by atoms with Gasteiger partial charge < -0.3 is 15.8 Å². The van der Waals surface area contributed by atoms with Gasteiger partial charge in [-0.2, -0.15) is 4.31 Å². The summed E-state index contributed by atoms with van der Waals surface area (Å²) in [6.45, 7) is 4.79. The predicted octanol–water partition coefficient (Wildman–Crippen LogP) is -0.891. The van der Waals surface area contributed by atoms with E-state index in [1.807, 2.05) is 13.8 Å². The van der Waals surface area contributed by atoms with Crippen molar-refractivity contribution in [1.82, 2.24) is 9.21 Å². The first kappa shape index (κ1) is 16.7. The Labute approximate surface area is 119 Å². The number of oxime groups is 1. The first-order valence-electron chi connectivity index (χ1n) is 6.39. The minimum absolute atomic E-state index is 0.105. The molecule has 0 aromatic rings. The second kappa shape index (κ2) is 6.40. The van der Waals surface area contributed by atoms with Crippen LogP contribution < -0.4 is 5.73 Å². The highest BCUT2D eigenvalue weighted by Crippen LogP contribution is 2.17. The summed E-state index contributed by atoms with van der Waals surface area (Å²) in [5, 5.41) is 11.7. The number of nitrogens with zero attached hydrogens (tertiary/aromatic N) is 3. The van der Waals surface area contributed by atoms with Gasteiger partial charge in [0.2, 0.25) is 15.9 Å². The van der Waals surface area contributed by atoms with E-state index in [9.17, 15) is 13.2 Å². The van der Waals surface area contributed by atoms with Gasteiger partial charge in [0.05, 0.1) is 6.26 Å². The Kier molecular flexibility index (Phi) is 5.35. The quantitative estimate of drug-likeness (QED) is 0.302. The zero-order chi connectivity index (χ0) is 15.5. The molecule has 1 aliphatic heterocycles. The summed E-state index contributed by atoms with van der Waals surface area (Å²) < 4.78 is 24.2. The minimum Gasteiger partial charge on any atom is -0.409 e. The fourth-order valence-electron chi connectivity index (χ4n) is 2.25. The number of hydrogen-bond acceptors (Lipinski definition) is 5. The summed E-state index contributed by atoms with van der Waals surface area (Å²) in [5.74, 6) is -1.14. The van der Waals surface area contributed by atoms with Crippen LogP contribution in [0.2, 0.25) is 0 Å². The van der Waals surface area contributed by atoms with Gasteiger partial charge in [0.15, 0.2) is 5.84 Å². The van der Waals surface area contributed by atoms with Gasteiger partial charge in [0.25, 0.3) is 0 Å². The number of amides is 1. The van der Waals surface area contributed by atoms with Crippen molar-refractivity contribution in [2.24, 2.45) is 22.7 Å². The molecule has 0 saturated carbocycles. The zero-order valence-corrected chi connectivity index (χ0v) is 12.8. The lowest BCUT2D eigenvalue weighted by Crippen LogP contribution is -2.53. The Bertz CT molecular complexity index is 481. The van der Waals surface area contributed by atoms with E-state index in [4.69, 9.17) is 10.9 Å². The van der Waals surface area contributed by atoms with Crippen LogP contribution >= 0.6 is 0 Å². The Balaban J connectivity index is 2.75. The molecule has 9 heteroatoms. The molecule has 1 aliphatic rings. The number of amidine groups is 1. The average molecular weight is 306 g/mol. The van der Waals surface area contributed by atoms with Crippen molar-refractivity contribution in [3.05, 3.63) is 0 Å². The molecule has 0 aliphatic carbocycles. The number of hydrogen-bond donors (Lipinski definition) is 2. The van der Waals surface area contributed by atoms with E-state index >= 15 is 0 Å². The molecule has 8 nitrogen and oxygen atoms in total. The molecule has 0 aromatic heterocycles. The second-order valence-corrected chi connectivity index (χ2v) is 7.22. The summed E-state index contributed by atoms with van der Waals surface area (Å²) in [6.07, 6.45) is 1.15. The molecular weight excluding hydrogens is 284 g/mol. The van der Waals surface area contributed by atoms with E-state index in [2.05, 4.69) is 5.16 Å². The van der Waals surface area contributed by atoms with Gasteiger partial charge in [-0.05, 0) is 5.92 Å². The molecule has 3 N–H and O–H groups in total. The first-order valence-corrected chi connectivity index (χ1v) is 8.24. The highest BCUT2D eigenvalue weighted by atomic mass is 32.2. The molecule has 1 atom stereocenters. The third-order valence-electron chi connectivity index (χ3n) is 3.39. The molecule has 1 heterocycles. The lowest BCUT2D eigenvalue weighted by molar-refractivity contribution is -0.135. The van der Waals surface area contributed by atoms with Crippen LogP contribution in [0.3, 0.4) is 0 Å². The van der Waals surface area contributed by atoms with E-state index in [-0.39, 0.29) is 30.8 Å². The van der Waals surface area contributed by atoms with Gasteiger partial charge in [0, 0.05) is 26.2 Å². The molecule has 1 unspecified atom stereocenters. The Morgan fingerprint density at radius 1 is 1.25 bits per heavy atom. The van der Waals surface area contributed by atoms with Crippen LogP contribution in [0.4, 0.5) is 0 Å². The number of carbonyl (C=O) groups excluding carboxylic acids is 1. The molecule has 1 fully saturated rings. The number of carbonyl (C=O) groups is 1. The number of rotatable bonds is 4. The Morgan fingerprint density at radius 3 is 2.10 bits per heavy atom. The van der Waals surface area contributed by atoms with Crippen molar-refractivity contribution >= 4 is 21.8 Å². The fourth-order valence-corrected chi connectivity index (χ4v) is 3.08. The van der Waals surface area contributed by atoms with Crippen LogP contribution in [0, 0.1) is 11.8 Å². The molecule has 1 saturated heterocycles. The van der Waals surface area contributed by atoms with Crippen LogP contribution in [0.5, 0.6) is 0 Å². The average Bonchev–Trinajstić information content (AvgIpc) is 2.37. The van der Waals surface area contributed by atoms with E-state index in [0.717, 1.165) is 6.26 Å². The van der Waals surface area contributed by atoms with E-state index < -0.39 is 15.9 Å². The molecule has 0 aromatic carbocycles. The molecule has 0 bridgehead atoms. The normalized spacial score (nSPS) is 20.2. The minimum atomic E-state index is -3.23. The molecule has 0 radical (unpaired) electrons. The fraction of sp³-hybridized carbons (Fsp3) is 0.818. The van der Waals surface area contributed by atoms with Crippen molar-refractivity contribution in [3.63, 3.8) is 0 Å². The number of sulfonamides is 1. The van der Waals surface area contributed by atoms with Gasteiger partial charge >= 0.3 is 0 Å². The Morgan fingerprint density at radius 2 is 1.75 bits per heavy atom. The summed E-state index contributed by atoms with van der Waals surface area (Å²) in [4.78, 5) is 13.9. The summed E-state index contributed by atoms with van der Waals surface area (Å²) in [6, 6.07) is 0. The first-order chi connectivity index (χ1) is 9.18. The lowest BCUT2D eigenvalue weighted by atomic mass is 9.93. The molecular formula is C11H22N4O4S. The maximum Gasteiger partial charge on any atom is 0.233 e. The van der Waals surface area contributed by atoms with Crippen molar-refractivity contribution < 1.29 is 18.4 Å². The van der Waals surface area contributed by atoms with Gasteiger partial charge in [0.1, 0.15) is 5.92 Å². The van der Waals surface area contributed by atoms with E-state index in [1.165, 1.54) is 4.31 Å². The lowest BCUT2D eigenvalue weighted by Gasteiger charge is -2.35. The summed E-state index contributed by atoms with van der Waals surface area (Å²) in [5.41, 5.74) is 5.57. The van der Waals surface area contributed by atoms with Gasteiger partial charge in [-0.15, -0.1) is 0 Å².